The minimum Gasteiger partial charge on any atom is -0.495 e. The van der Waals surface area contributed by atoms with Gasteiger partial charge in [-0.2, -0.15) is 13.2 Å². The van der Waals surface area contributed by atoms with E-state index in [1.165, 1.54) is 38.4 Å². The van der Waals surface area contributed by atoms with E-state index in [4.69, 9.17) is 16.3 Å². The molecule has 0 saturated carbocycles. The van der Waals surface area contributed by atoms with Crippen molar-refractivity contribution < 1.29 is 27.8 Å². The molecule has 0 amide bonds. The number of carboxylic acid groups (broad SMARTS) is 1. The van der Waals surface area contributed by atoms with Crippen LogP contribution in [-0.2, 0) is 11.0 Å². The summed E-state index contributed by atoms with van der Waals surface area (Å²) in [5.74, 6) is -1.11. The van der Waals surface area contributed by atoms with Gasteiger partial charge in [-0.1, -0.05) is 16.8 Å². The lowest BCUT2D eigenvalue weighted by atomic mass is 10.0. The number of methoxy groups -OCH3 is 1. The van der Waals surface area contributed by atoms with E-state index in [1.807, 2.05) is 0 Å². The second kappa shape index (κ2) is 7.82. The third-order valence-electron chi connectivity index (χ3n) is 4.32. The molecule has 2 aromatic heterocycles. The molecule has 0 spiro atoms. The summed E-state index contributed by atoms with van der Waals surface area (Å²) in [6, 6.07) is 4.24. The zero-order valence-electron chi connectivity index (χ0n) is 15.5. The Kier molecular flexibility index (Phi) is 5.57. The van der Waals surface area contributed by atoms with E-state index < -0.39 is 29.4 Å². The van der Waals surface area contributed by atoms with Gasteiger partial charge >= 0.3 is 12.1 Å². The first-order valence-electron chi connectivity index (χ1n) is 8.35. The predicted octanol–water partition coefficient (Wildman–Crippen LogP) is 3.42. The van der Waals surface area contributed by atoms with Crippen LogP contribution in [0.1, 0.15) is 18.7 Å². The highest BCUT2D eigenvalue weighted by molar-refractivity contribution is 6.31. The van der Waals surface area contributed by atoms with E-state index in [0.29, 0.717) is 6.20 Å². The summed E-state index contributed by atoms with van der Waals surface area (Å²) in [6.45, 7) is 1.32. The van der Waals surface area contributed by atoms with Crippen molar-refractivity contribution in [1.29, 1.82) is 0 Å². The van der Waals surface area contributed by atoms with Crippen molar-refractivity contribution in [3.63, 3.8) is 0 Å². The van der Waals surface area contributed by atoms with Gasteiger partial charge in [-0.05, 0) is 25.1 Å². The van der Waals surface area contributed by atoms with Gasteiger partial charge in [0, 0.05) is 22.2 Å². The highest BCUT2D eigenvalue weighted by atomic mass is 35.5. The first kappa shape index (κ1) is 21.4. The standard InChI is InChI=1S/C18H14ClF3N4O4/c1-9(17(28)29)25-7-14(30-2)12(6-16(25)27)11-5-10(19)3-4-13(11)26-8-15(23-24-26)18(20,21)22/h3-9H,1-2H3,(H,28,29). The molecular weight excluding hydrogens is 429 g/mol. The number of halogens is 4. The summed E-state index contributed by atoms with van der Waals surface area (Å²) in [5.41, 5.74) is -1.26. The number of aromatic nitrogens is 4. The minimum absolute atomic E-state index is 0.113. The third-order valence-corrected chi connectivity index (χ3v) is 4.55. The maximum Gasteiger partial charge on any atom is 0.436 e. The zero-order chi connectivity index (χ0) is 22.2. The molecule has 0 bridgehead atoms. The van der Waals surface area contributed by atoms with Gasteiger partial charge in [-0.25, -0.2) is 9.48 Å². The summed E-state index contributed by atoms with van der Waals surface area (Å²) in [5, 5.41) is 16.1. The molecule has 2 heterocycles. The lowest BCUT2D eigenvalue weighted by Gasteiger charge is -2.17. The summed E-state index contributed by atoms with van der Waals surface area (Å²) in [4.78, 5) is 23.8. The van der Waals surface area contributed by atoms with E-state index in [9.17, 15) is 27.9 Å². The Morgan fingerprint density at radius 1 is 1.23 bits per heavy atom. The Balaban J connectivity index is 2.23. The molecule has 1 aromatic carbocycles. The SMILES string of the molecule is COc1cn(C(C)C(=O)O)c(=O)cc1-c1cc(Cl)ccc1-n1cc(C(F)(F)F)nn1. The molecule has 0 saturated heterocycles. The van der Waals surface area contributed by atoms with Crippen molar-refractivity contribution in [1.82, 2.24) is 19.6 Å². The van der Waals surface area contributed by atoms with Crippen LogP contribution in [0.3, 0.4) is 0 Å². The Morgan fingerprint density at radius 2 is 1.93 bits per heavy atom. The van der Waals surface area contributed by atoms with Crippen LogP contribution in [0.25, 0.3) is 16.8 Å². The van der Waals surface area contributed by atoms with Crippen molar-refractivity contribution in [2.45, 2.75) is 19.1 Å². The zero-order valence-corrected chi connectivity index (χ0v) is 16.3. The number of hydrogen-bond donors (Lipinski definition) is 1. The molecule has 1 unspecified atom stereocenters. The fraction of sp³-hybridized carbons (Fsp3) is 0.222. The van der Waals surface area contributed by atoms with Crippen LogP contribution in [-0.4, -0.2) is 37.7 Å². The Bertz CT molecular complexity index is 1170. The monoisotopic (exact) mass is 442 g/mol. The molecule has 1 N–H and O–H groups in total. The lowest BCUT2D eigenvalue weighted by Crippen LogP contribution is -2.27. The molecule has 1 atom stereocenters. The van der Waals surface area contributed by atoms with E-state index in [-0.39, 0.29) is 27.6 Å². The van der Waals surface area contributed by atoms with E-state index >= 15 is 0 Å². The fourth-order valence-electron chi connectivity index (χ4n) is 2.76. The normalized spacial score (nSPS) is 12.6. The smallest absolute Gasteiger partial charge is 0.436 e. The van der Waals surface area contributed by atoms with Crippen LogP contribution in [0.2, 0.25) is 5.02 Å². The first-order valence-corrected chi connectivity index (χ1v) is 8.73. The molecule has 30 heavy (non-hydrogen) atoms. The quantitative estimate of drug-likeness (QED) is 0.650. The number of rotatable bonds is 5. The molecular formula is C18H14ClF3N4O4. The van der Waals surface area contributed by atoms with Gasteiger partial charge < -0.3 is 9.84 Å². The van der Waals surface area contributed by atoms with Crippen molar-refractivity contribution in [3.05, 3.63) is 57.7 Å². The maximum absolute atomic E-state index is 12.9. The molecule has 12 heteroatoms. The minimum atomic E-state index is -4.68. The van der Waals surface area contributed by atoms with Gasteiger partial charge in [0.1, 0.15) is 11.8 Å². The van der Waals surface area contributed by atoms with Crippen LogP contribution in [0.15, 0.2) is 41.5 Å². The van der Waals surface area contributed by atoms with Crippen LogP contribution >= 0.6 is 11.6 Å². The Labute approximate surface area is 172 Å². The highest BCUT2D eigenvalue weighted by Crippen LogP contribution is 2.36. The summed E-state index contributed by atoms with van der Waals surface area (Å²) in [6.07, 6.45) is -2.77. The molecule has 0 radical (unpaired) electrons. The average Bonchev–Trinajstić information content (AvgIpc) is 3.17. The number of alkyl halides is 3. The van der Waals surface area contributed by atoms with Gasteiger partial charge in [0.05, 0.1) is 25.2 Å². The maximum atomic E-state index is 12.9. The molecule has 0 aliphatic heterocycles. The number of pyridine rings is 1. The average molecular weight is 443 g/mol. The summed E-state index contributed by atoms with van der Waals surface area (Å²) in [7, 11) is 1.31. The van der Waals surface area contributed by atoms with Crippen molar-refractivity contribution in [2.24, 2.45) is 0 Å². The van der Waals surface area contributed by atoms with Gasteiger partial charge in [-0.15, -0.1) is 5.10 Å². The van der Waals surface area contributed by atoms with Crippen LogP contribution in [0.4, 0.5) is 13.2 Å². The van der Waals surface area contributed by atoms with Gasteiger partial charge in [0.15, 0.2) is 5.69 Å². The molecule has 0 fully saturated rings. The lowest BCUT2D eigenvalue weighted by molar-refractivity contribution is -0.141. The molecule has 158 valence electrons. The predicted molar refractivity (Wildman–Crippen MR) is 100.0 cm³/mol. The second-order valence-electron chi connectivity index (χ2n) is 6.22. The van der Waals surface area contributed by atoms with E-state index in [1.54, 1.807) is 0 Å². The van der Waals surface area contributed by atoms with Crippen molar-refractivity contribution in [3.8, 4) is 22.6 Å². The van der Waals surface area contributed by atoms with Gasteiger partial charge in [0.25, 0.3) is 5.56 Å². The number of ether oxygens (including phenoxy) is 1. The Morgan fingerprint density at radius 3 is 2.50 bits per heavy atom. The third kappa shape index (κ3) is 4.01. The van der Waals surface area contributed by atoms with E-state index in [0.717, 1.165) is 15.3 Å². The fourth-order valence-corrected chi connectivity index (χ4v) is 2.93. The van der Waals surface area contributed by atoms with Crippen LogP contribution < -0.4 is 10.3 Å². The van der Waals surface area contributed by atoms with Crippen LogP contribution in [0, 0.1) is 0 Å². The first-order chi connectivity index (χ1) is 14.0. The van der Waals surface area contributed by atoms with Crippen molar-refractivity contribution >= 4 is 17.6 Å². The van der Waals surface area contributed by atoms with Gasteiger partial charge in [-0.3, -0.25) is 9.36 Å². The number of aliphatic carboxylic acids is 1. The molecule has 0 aliphatic rings. The number of hydrogen-bond acceptors (Lipinski definition) is 5. The Hall–Kier alpha value is -3.34. The number of nitrogens with zero attached hydrogens (tertiary/aromatic N) is 4. The van der Waals surface area contributed by atoms with Gasteiger partial charge in [0.2, 0.25) is 0 Å². The number of carboxylic acids is 1. The van der Waals surface area contributed by atoms with Crippen molar-refractivity contribution in [2.75, 3.05) is 7.11 Å². The highest BCUT2D eigenvalue weighted by Gasteiger charge is 2.34. The van der Waals surface area contributed by atoms with Crippen LogP contribution in [0.5, 0.6) is 5.75 Å². The number of carbonyl (C=O) groups is 1. The molecule has 0 aliphatic carbocycles. The summed E-state index contributed by atoms with van der Waals surface area (Å²) < 4.78 is 45.9. The second-order valence-corrected chi connectivity index (χ2v) is 6.66. The molecule has 3 rings (SSSR count). The number of benzene rings is 1. The topological polar surface area (TPSA) is 99.2 Å². The van der Waals surface area contributed by atoms with E-state index in [2.05, 4.69) is 10.3 Å². The molecule has 3 aromatic rings. The molecule has 8 nitrogen and oxygen atoms in total. The summed E-state index contributed by atoms with van der Waals surface area (Å²) >= 11 is 6.06. The largest absolute Gasteiger partial charge is 0.495 e.